The van der Waals surface area contributed by atoms with Crippen LogP contribution in [0.3, 0.4) is 0 Å². The van der Waals surface area contributed by atoms with E-state index < -0.39 is 5.60 Å². The van der Waals surface area contributed by atoms with Crippen molar-refractivity contribution in [3.05, 3.63) is 59.1 Å². The summed E-state index contributed by atoms with van der Waals surface area (Å²) in [6.07, 6.45) is 6.14. The van der Waals surface area contributed by atoms with Gasteiger partial charge < -0.3 is 19.5 Å². The third-order valence-electron chi connectivity index (χ3n) is 6.91. The zero-order chi connectivity index (χ0) is 24.5. The van der Waals surface area contributed by atoms with Crippen LogP contribution in [0.4, 0.5) is 0 Å². The highest BCUT2D eigenvalue weighted by atomic mass is 35.5. The Morgan fingerprint density at radius 1 is 0.943 bits per heavy atom. The lowest BCUT2D eigenvalue weighted by molar-refractivity contribution is -0.130. The predicted octanol–water partition coefficient (Wildman–Crippen LogP) is 4.92. The van der Waals surface area contributed by atoms with E-state index in [1.54, 1.807) is 12.1 Å². The summed E-state index contributed by atoms with van der Waals surface area (Å²) in [6.45, 7) is 4.98. The highest BCUT2D eigenvalue weighted by Crippen LogP contribution is 2.26. The van der Waals surface area contributed by atoms with Crippen LogP contribution in [0.5, 0.6) is 11.5 Å². The summed E-state index contributed by atoms with van der Waals surface area (Å²) < 4.78 is 11.8. The molecule has 35 heavy (non-hydrogen) atoms. The summed E-state index contributed by atoms with van der Waals surface area (Å²) in [5.74, 6) is 1.84. The number of benzene rings is 2. The van der Waals surface area contributed by atoms with Gasteiger partial charge >= 0.3 is 0 Å². The number of carbonyl (C=O) groups excluding carboxylic acids is 1. The Kier molecular flexibility index (Phi) is 9.30. The first-order valence-corrected chi connectivity index (χ1v) is 13.2. The molecule has 6 nitrogen and oxygen atoms in total. The minimum atomic E-state index is -0.821. The molecule has 7 heteroatoms. The molecule has 0 aliphatic carbocycles. The Labute approximate surface area is 213 Å². The Morgan fingerprint density at radius 3 is 2.51 bits per heavy atom. The van der Waals surface area contributed by atoms with E-state index in [9.17, 15) is 9.90 Å². The molecule has 0 aromatic heterocycles. The van der Waals surface area contributed by atoms with Gasteiger partial charge in [0.1, 0.15) is 23.7 Å². The minimum Gasteiger partial charge on any atom is -0.494 e. The average molecular weight is 501 g/mol. The molecule has 0 atom stereocenters. The summed E-state index contributed by atoms with van der Waals surface area (Å²) >= 11 is 6.01. The monoisotopic (exact) mass is 500 g/mol. The van der Waals surface area contributed by atoms with Gasteiger partial charge in [-0.2, -0.15) is 0 Å². The SMILES string of the molecule is O=C1CCCCCN1CCCOc1cccc(CN2CCC(O)(COc3cccc(Cl)c3)CC2)c1. The Morgan fingerprint density at radius 2 is 1.71 bits per heavy atom. The van der Waals surface area contributed by atoms with E-state index in [0.29, 0.717) is 36.6 Å². The van der Waals surface area contributed by atoms with Gasteiger partial charge in [-0.1, -0.05) is 36.2 Å². The summed E-state index contributed by atoms with van der Waals surface area (Å²) in [4.78, 5) is 16.5. The Balaban J connectivity index is 1.18. The maximum absolute atomic E-state index is 12.1. The first-order valence-electron chi connectivity index (χ1n) is 12.8. The lowest BCUT2D eigenvalue weighted by Gasteiger charge is -2.38. The van der Waals surface area contributed by atoms with E-state index in [0.717, 1.165) is 64.2 Å². The fourth-order valence-corrected chi connectivity index (χ4v) is 4.94. The smallest absolute Gasteiger partial charge is 0.222 e. The number of likely N-dealkylation sites (tertiary alicyclic amines) is 2. The lowest BCUT2D eigenvalue weighted by Crippen LogP contribution is -2.47. The van der Waals surface area contributed by atoms with Gasteiger partial charge in [0.05, 0.1) is 6.61 Å². The van der Waals surface area contributed by atoms with Crippen LogP contribution in [-0.4, -0.2) is 65.8 Å². The van der Waals surface area contributed by atoms with Crippen LogP contribution in [-0.2, 0) is 11.3 Å². The topological polar surface area (TPSA) is 62.2 Å². The number of hydrogen-bond donors (Lipinski definition) is 1. The van der Waals surface area contributed by atoms with Gasteiger partial charge in [-0.15, -0.1) is 0 Å². The number of halogens is 1. The number of piperidine rings is 1. The molecular formula is C28H37ClN2O4. The van der Waals surface area contributed by atoms with E-state index >= 15 is 0 Å². The highest BCUT2D eigenvalue weighted by molar-refractivity contribution is 6.30. The Bertz CT molecular complexity index is 961. The fraction of sp³-hybridized carbons (Fsp3) is 0.536. The van der Waals surface area contributed by atoms with Crippen molar-refractivity contribution >= 4 is 17.5 Å². The van der Waals surface area contributed by atoms with Crippen LogP contribution in [0.25, 0.3) is 0 Å². The summed E-state index contributed by atoms with van der Waals surface area (Å²) in [5.41, 5.74) is 0.379. The third kappa shape index (κ3) is 8.13. The zero-order valence-corrected chi connectivity index (χ0v) is 21.2. The molecule has 1 N–H and O–H groups in total. The molecule has 1 amide bonds. The van der Waals surface area contributed by atoms with Gasteiger partial charge in [0.25, 0.3) is 0 Å². The second-order valence-corrected chi connectivity index (χ2v) is 10.2. The van der Waals surface area contributed by atoms with E-state index in [2.05, 4.69) is 17.0 Å². The quantitative estimate of drug-likeness (QED) is 0.469. The maximum atomic E-state index is 12.1. The van der Waals surface area contributed by atoms with Crippen molar-refractivity contribution in [2.75, 3.05) is 39.4 Å². The number of ether oxygens (including phenoxy) is 2. The zero-order valence-electron chi connectivity index (χ0n) is 20.5. The second-order valence-electron chi connectivity index (χ2n) is 9.79. The molecule has 2 aliphatic heterocycles. The molecule has 0 spiro atoms. The van der Waals surface area contributed by atoms with Crippen LogP contribution >= 0.6 is 11.6 Å². The van der Waals surface area contributed by atoms with E-state index in [1.807, 2.05) is 29.2 Å². The van der Waals surface area contributed by atoms with Gasteiger partial charge in [0, 0.05) is 44.2 Å². The summed E-state index contributed by atoms with van der Waals surface area (Å²) in [7, 11) is 0. The molecule has 0 bridgehead atoms. The van der Waals surface area contributed by atoms with Crippen LogP contribution in [0.15, 0.2) is 48.5 Å². The molecule has 0 saturated carbocycles. The standard InChI is InChI=1S/C28H37ClN2O4/c29-24-8-5-10-26(20-24)35-22-28(33)12-16-30(17-13-28)21-23-7-4-9-25(19-23)34-18-6-15-31-14-3-1-2-11-27(31)32/h4-5,7-10,19-20,33H,1-3,6,11-18,21-22H2. The lowest BCUT2D eigenvalue weighted by atomic mass is 9.92. The van der Waals surface area contributed by atoms with Gasteiger partial charge in [-0.3, -0.25) is 9.69 Å². The molecule has 2 aliphatic rings. The number of carbonyl (C=O) groups is 1. The molecule has 0 radical (unpaired) electrons. The van der Waals surface area contributed by atoms with E-state index in [4.69, 9.17) is 21.1 Å². The van der Waals surface area contributed by atoms with Gasteiger partial charge in [0.2, 0.25) is 5.91 Å². The van der Waals surface area contributed by atoms with Gasteiger partial charge in [-0.25, -0.2) is 0 Å². The maximum Gasteiger partial charge on any atom is 0.222 e. The van der Waals surface area contributed by atoms with E-state index in [1.165, 1.54) is 5.56 Å². The average Bonchev–Trinajstić information content (AvgIpc) is 3.06. The van der Waals surface area contributed by atoms with Crippen molar-refractivity contribution < 1.29 is 19.4 Å². The molecule has 2 aromatic carbocycles. The van der Waals surface area contributed by atoms with Gasteiger partial charge in [0.15, 0.2) is 0 Å². The normalized spacial score (nSPS) is 18.8. The molecular weight excluding hydrogens is 464 g/mol. The summed E-state index contributed by atoms with van der Waals surface area (Å²) in [5, 5.41) is 11.6. The number of amides is 1. The van der Waals surface area contributed by atoms with Crippen molar-refractivity contribution in [2.45, 2.75) is 57.1 Å². The van der Waals surface area contributed by atoms with Crippen molar-refractivity contribution in [1.82, 2.24) is 9.80 Å². The van der Waals surface area contributed by atoms with E-state index in [-0.39, 0.29) is 12.5 Å². The second kappa shape index (κ2) is 12.6. The van der Waals surface area contributed by atoms with Crippen LogP contribution in [0.1, 0.15) is 50.5 Å². The van der Waals surface area contributed by atoms with Crippen LogP contribution < -0.4 is 9.47 Å². The summed E-state index contributed by atoms with van der Waals surface area (Å²) in [6, 6.07) is 15.5. The fourth-order valence-electron chi connectivity index (χ4n) is 4.76. The molecule has 2 heterocycles. The number of aliphatic hydroxyl groups is 1. The molecule has 0 unspecified atom stereocenters. The van der Waals surface area contributed by atoms with Crippen molar-refractivity contribution in [3.63, 3.8) is 0 Å². The molecule has 2 aromatic rings. The largest absolute Gasteiger partial charge is 0.494 e. The van der Waals surface area contributed by atoms with Crippen molar-refractivity contribution in [3.8, 4) is 11.5 Å². The first-order chi connectivity index (χ1) is 17.0. The highest BCUT2D eigenvalue weighted by Gasteiger charge is 2.33. The molecule has 2 fully saturated rings. The van der Waals surface area contributed by atoms with Crippen molar-refractivity contribution in [2.24, 2.45) is 0 Å². The number of hydrogen-bond acceptors (Lipinski definition) is 5. The number of rotatable bonds is 10. The number of nitrogens with zero attached hydrogens (tertiary/aromatic N) is 2. The predicted molar refractivity (Wildman–Crippen MR) is 138 cm³/mol. The van der Waals surface area contributed by atoms with Gasteiger partial charge in [-0.05, 0) is 68.0 Å². The first kappa shape index (κ1) is 25.8. The van der Waals surface area contributed by atoms with Crippen LogP contribution in [0, 0.1) is 0 Å². The molecule has 190 valence electrons. The third-order valence-corrected chi connectivity index (χ3v) is 7.14. The Hall–Kier alpha value is -2.28. The molecule has 4 rings (SSSR count). The minimum absolute atomic E-state index is 0.271. The molecule has 2 saturated heterocycles. The van der Waals surface area contributed by atoms with Crippen LogP contribution in [0.2, 0.25) is 5.02 Å². The van der Waals surface area contributed by atoms with Crippen molar-refractivity contribution in [1.29, 1.82) is 0 Å².